The lowest BCUT2D eigenvalue weighted by atomic mass is 9.91. The average Bonchev–Trinajstić information content (AvgIpc) is 2.87. The molecule has 0 unspecified atom stereocenters. The van der Waals surface area contributed by atoms with Gasteiger partial charge in [0.25, 0.3) is 0 Å². The van der Waals surface area contributed by atoms with E-state index in [4.69, 9.17) is 5.73 Å². The summed E-state index contributed by atoms with van der Waals surface area (Å²) in [5.41, 5.74) is 8.88. The van der Waals surface area contributed by atoms with E-state index in [0.29, 0.717) is 32.5 Å². The third kappa shape index (κ3) is 5.67. The normalized spacial score (nSPS) is 17.9. The number of hydrogen-bond acceptors (Lipinski definition) is 3. The lowest BCUT2D eigenvalue weighted by molar-refractivity contribution is -0.134. The zero-order valence-corrected chi connectivity index (χ0v) is 17.2. The molecule has 2 aromatic carbocycles. The molecule has 2 aromatic rings. The molecule has 5 heteroatoms. The van der Waals surface area contributed by atoms with Gasteiger partial charge >= 0.3 is 0 Å². The number of rotatable bonds is 8. The molecule has 1 fully saturated rings. The summed E-state index contributed by atoms with van der Waals surface area (Å²) >= 11 is 0. The summed E-state index contributed by atoms with van der Waals surface area (Å²) in [5.74, 6) is -0.199. The van der Waals surface area contributed by atoms with Crippen LogP contribution in [0.4, 0.5) is 0 Å². The summed E-state index contributed by atoms with van der Waals surface area (Å²) < 4.78 is 0. The smallest absolute Gasteiger partial charge is 0.227 e. The predicted octanol–water partition coefficient (Wildman–Crippen LogP) is 2.94. The molecule has 5 nitrogen and oxygen atoms in total. The largest absolute Gasteiger partial charge is 0.370 e. The molecule has 1 atom stereocenters. The number of hydrogen-bond donors (Lipinski definition) is 1. The van der Waals surface area contributed by atoms with Gasteiger partial charge in [0.1, 0.15) is 0 Å². The molecule has 154 valence electrons. The van der Waals surface area contributed by atoms with E-state index in [9.17, 15) is 9.59 Å². The highest BCUT2D eigenvalue weighted by Crippen LogP contribution is 2.27. The Morgan fingerprint density at radius 2 is 1.76 bits per heavy atom. The minimum atomic E-state index is -0.294. The van der Waals surface area contributed by atoms with Gasteiger partial charge < -0.3 is 15.5 Å². The van der Waals surface area contributed by atoms with Crippen molar-refractivity contribution in [2.24, 2.45) is 11.7 Å². The summed E-state index contributed by atoms with van der Waals surface area (Å²) in [6.07, 6.45) is 1.97. The molecule has 0 spiro atoms. The van der Waals surface area contributed by atoms with E-state index in [-0.39, 0.29) is 17.7 Å². The fraction of sp³-hybridized carbons (Fsp3) is 0.417. The first-order chi connectivity index (χ1) is 14.1. The van der Waals surface area contributed by atoms with Crippen molar-refractivity contribution in [2.75, 3.05) is 32.7 Å². The standard InChI is InChI=1S/C24H31N3O2/c1-2-13-27-16-15-26(14-12-23(25)28)18-21(24(27)29)17-20-10-6-7-11-22(20)19-8-4-3-5-9-19/h3-11,21H,2,12-18H2,1H3,(H2,25,28)/t21-/m0/s1. The molecule has 1 aliphatic heterocycles. The molecular weight excluding hydrogens is 362 g/mol. The maximum atomic E-state index is 13.3. The highest BCUT2D eigenvalue weighted by molar-refractivity contribution is 5.80. The Bertz CT molecular complexity index is 822. The van der Waals surface area contributed by atoms with E-state index in [1.54, 1.807) is 0 Å². The van der Waals surface area contributed by atoms with Crippen molar-refractivity contribution >= 4 is 11.8 Å². The first-order valence-electron chi connectivity index (χ1n) is 10.5. The number of amides is 2. The van der Waals surface area contributed by atoms with E-state index in [0.717, 1.165) is 19.5 Å². The maximum absolute atomic E-state index is 13.3. The number of nitrogens with two attached hydrogens (primary N) is 1. The Morgan fingerprint density at radius 1 is 1.03 bits per heavy atom. The molecule has 0 aromatic heterocycles. The van der Waals surface area contributed by atoms with E-state index in [2.05, 4.69) is 36.1 Å². The second-order valence-corrected chi connectivity index (χ2v) is 7.77. The highest BCUT2D eigenvalue weighted by Gasteiger charge is 2.30. The molecule has 0 bridgehead atoms. The van der Waals surface area contributed by atoms with Gasteiger partial charge in [-0.25, -0.2) is 0 Å². The lowest BCUT2D eigenvalue weighted by Crippen LogP contribution is -2.38. The summed E-state index contributed by atoms with van der Waals surface area (Å²) in [6.45, 7) is 5.65. The third-order valence-electron chi connectivity index (χ3n) is 5.56. The number of benzene rings is 2. The van der Waals surface area contributed by atoms with Gasteiger partial charge in [-0.05, 0) is 29.5 Å². The van der Waals surface area contributed by atoms with Crippen molar-refractivity contribution in [1.29, 1.82) is 0 Å². The van der Waals surface area contributed by atoms with E-state index in [1.165, 1.54) is 16.7 Å². The molecule has 0 saturated carbocycles. The molecule has 0 aliphatic carbocycles. The molecule has 2 amide bonds. The zero-order chi connectivity index (χ0) is 20.6. The van der Waals surface area contributed by atoms with Crippen LogP contribution in [0, 0.1) is 5.92 Å². The molecule has 2 N–H and O–H groups in total. The van der Waals surface area contributed by atoms with Crippen LogP contribution in [0.5, 0.6) is 0 Å². The first kappa shape index (κ1) is 21.1. The minimum Gasteiger partial charge on any atom is -0.370 e. The quantitative estimate of drug-likeness (QED) is 0.750. The Kier molecular flexibility index (Phi) is 7.42. The van der Waals surface area contributed by atoms with Crippen molar-refractivity contribution in [3.05, 3.63) is 60.2 Å². The molecule has 1 aliphatic rings. The molecule has 1 heterocycles. The van der Waals surface area contributed by atoms with Crippen LogP contribution in [0.15, 0.2) is 54.6 Å². The summed E-state index contributed by atoms with van der Waals surface area (Å²) in [5, 5.41) is 0. The maximum Gasteiger partial charge on any atom is 0.227 e. The summed E-state index contributed by atoms with van der Waals surface area (Å²) in [4.78, 5) is 28.7. The van der Waals surface area contributed by atoms with E-state index >= 15 is 0 Å². The molecule has 29 heavy (non-hydrogen) atoms. The number of primary amides is 1. The molecule has 3 rings (SSSR count). The second-order valence-electron chi connectivity index (χ2n) is 7.77. The minimum absolute atomic E-state index is 0.123. The van der Waals surface area contributed by atoms with Crippen molar-refractivity contribution in [3.8, 4) is 11.1 Å². The van der Waals surface area contributed by atoms with Gasteiger partial charge in [0, 0.05) is 39.1 Å². The first-order valence-corrected chi connectivity index (χ1v) is 10.5. The monoisotopic (exact) mass is 393 g/mol. The topological polar surface area (TPSA) is 66.6 Å². The van der Waals surface area contributed by atoms with Crippen molar-refractivity contribution in [1.82, 2.24) is 9.80 Å². The zero-order valence-electron chi connectivity index (χ0n) is 17.2. The predicted molar refractivity (Wildman–Crippen MR) is 116 cm³/mol. The molecule has 1 saturated heterocycles. The van der Waals surface area contributed by atoms with Gasteiger partial charge in [0.05, 0.1) is 5.92 Å². The fourth-order valence-electron chi connectivity index (χ4n) is 4.09. The Morgan fingerprint density at radius 3 is 2.48 bits per heavy atom. The van der Waals surface area contributed by atoms with Gasteiger partial charge in [-0.2, -0.15) is 0 Å². The summed E-state index contributed by atoms with van der Waals surface area (Å²) in [7, 11) is 0. The number of carbonyl (C=O) groups is 2. The van der Waals surface area contributed by atoms with Gasteiger partial charge in [0.15, 0.2) is 0 Å². The van der Waals surface area contributed by atoms with Crippen molar-refractivity contribution < 1.29 is 9.59 Å². The van der Waals surface area contributed by atoms with Gasteiger partial charge in [-0.3, -0.25) is 9.59 Å². The number of nitrogens with zero attached hydrogens (tertiary/aromatic N) is 2. The van der Waals surface area contributed by atoms with Crippen LogP contribution >= 0.6 is 0 Å². The highest BCUT2D eigenvalue weighted by atomic mass is 16.2. The van der Waals surface area contributed by atoms with Crippen LogP contribution < -0.4 is 5.73 Å². The molecular formula is C24H31N3O2. The van der Waals surface area contributed by atoms with E-state index < -0.39 is 0 Å². The molecule has 0 radical (unpaired) electrons. The SMILES string of the molecule is CCCN1CCN(CCC(N)=O)C[C@H](Cc2ccccc2-c2ccccc2)C1=O. The Hall–Kier alpha value is -2.66. The van der Waals surface area contributed by atoms with Crippen LogP contribution in [0.2, 0.25) is 0 Å². The van der Waals surface area contributed by atoms with Crippen molar-refractivity contribution in [3.63, 3.8) is 0 Å². The van der Waals surface area contributed by atoms with Crippen LogP contribution in [0.3, 0.4) is 0 Å². The lowest BCUT2D eigenvalue weighted by Gasteiger charge is -2.24. The summed E-state index contributed by atoms with van der Waals surface area (Å²) in [6, 6.07) is 18.6. The fourth-order valence-corrected chi connectivity index (χ4v) is 4.09. The van der Waals surface area contributed by atoms with Gasteiger partial charge in [-0.1, -0.05) is 61.5 Å². The van der Waals surface area contributed by atoms with E-state index in [1.807, 2.05) is 35.2 Å². The van der Waals surface area contributed by atoms with Gasteiger partial charge in [-0.15, -0.1) is 0 Å². The Labute approximate surface area is 173 Å². The Balaban J connectivity index is 1.84. The van der Waals surface area contributed by atoms with Crippen molar-refractivity contribution in [2.45, 2.75) is 26.2 Å². The third-order valence-corrected chi connectivity index (χ3v) is 5.56. The number of carbonyl (C=O) groups excluding carboxylic acids is 2. The van der Waals surface area contributed by atoms with Crippen LogP contribution in [0.1, 0.15) is 25.3 Å². The average molecular weight is 394 g/mol. The van der Waals surface area contributed by atoms with Crippen LogP contribution in [0.25, 0.3) is 11.1 Å². The van der Waals surface area contributed by atoms with Crippen LogP contribution in [-0.4, -0.2) is 54.3 Å². The van der Waals surface area contributed by atoms with Gasteiger partial charge in [0.2, 0.25) is 11.8 Å². The van der Waals surface area contributed by atoms with Crippen LogP contribution in [-0.2, 0) is 16.0 Å². The second kappa shape index (κ2) is 10.2.